The quantitative estimate of drug-likeness (QED) is 0.557. The zero-order valence-corrected chi connectivity index (χ0v) is 17.5. The van der Waals surface area contributed by atoms with Gasteiger partial charge in [0.1, 0.15) is 6.54 Å². The molecule has 0 atom stereocenters. The lowest BCUT2D eigenvalue weighted by Crippen LogP contribution is -2.53. The van der Waals surface area contributed by atoms with E-state index in [0.717, 1.165) is 13.1 Å². The third-order valence-corrected chi connectivity index (χ3v) is 6.50. The lowest BCUT2D eigenvalue weighted by Gasteiger charge is -2.40. The predicted octanol–water partition coefficient (Wildman–Crippen LogP) is 1.83. The maximum atomic E-state index is 13.0. The molecule has 7 nitrogen and oxygen atoms in total. The number of allylic oxidation sites excluding steroid dienone is 1. The van der Waals surface area contributed by atoms with Gasteiger partial charge in [0.05, 0.1) is 11.0 Å². The Labute approximate surface area is 176 Å². The van der Waals surface area contributed by atoms with Crippen LogP contribution in [0.15, 0.2) is 46.5 Å². The molecule has 1 saturated heterocycles. The van der Waals surface area contributed by atoms with Crippen molar-refractivity contribution in [1.29, 1.82) is 0 Å². The molecule has 7 heteroatoms. The van der Waals surface area contributed by atoms with E-state index >= 15 is 0 Å². The van der Waals surface area contributed by atoms with E-state index < -0.39 is 11.1 Å². The molecule has 1 aliphatic heterocycles. The summed E-state index contributed by atoms with van der Waals surface area (Å²) in [5.74, 6) is -0.105. The third-order valence-electron chi connectivity index (χ3n) is 6.50. The largest absolute Gasteiger partial charge is 0.339 e. The number of aromatic nitrogens is 2. The van der Waals surface area contributed by atoms with Crippen molar-refractivity contribution in [3.63, 3.8) is 0 Å². The highest BCUT2D eigenvalue weighted by molar-refractivity contribution is 5.80. The first-order chi connectivity index (χ1) is 14.6. The van der Waals surface area contributed by atoms with E-state index in [0.29, 0.717) is 30.2 Å². The molecule has 2 aliphatic rings. The first-order valence-electron chi connectivity index (χ1n) is 10.9. The number of para-hydroxylation sites is 2. The van der Waals surface area contributed by atoms with Gasteiger partial charge in [0.15, 0.2) is 0 Å². The van der Waals surface area contributed by atoms with E-state index in [4.69, 9.17) is 0 Å². The first kappa shape index (κ1) is 20.6. The van der Waals surface area contributed by atoms with Gasteiger partial charge in [0, 0.05) is 38.8 Å². The van der Waals surface area contributed by atoms with Gasteiger partial charge < -0.3 is 4.90 Å². The Hall–Kier alpha value is -2.67. The van der Waals surface area contributed by atoms with E-state index in [9.17, 15) is 14.4 Å². The lowest BCUT2D eigenvalue weighted by molar-refractivity contribution is -0.134. The highest BCUT2D eigenvalue weighted by Gasteiger charge is 2.27. The standard InChI is InChI=1S/C23H30N4O3/c1-2-12-26-19-10-6-7-11-20(19)27(23(30)22(26)29)17-21(28)25-15-13-24(14-16-25)18-8-4-3-5-9-18/h2,6-7,10-11,18H,1,3-5,8-9,12-17H2. The Bertz CT molecular complexity index is 1040. The number of fused-ring (bicyclic) bond motifs is 1. The first-order valence-corrected chi connectivity index (χ1v) is 10.9. The summed E-state index contributed by atoms with van der Waals surface area (Å²) >= 11 is 0. The average molecular weight is 411 g/mol. The Morgan fingerprint density at radius 1 is 0.933 bits per heavy atom. The van der Waals surface area contributed by atoms with Crippen LogP contribution in [0.1, 0.15) is 32.1 Å². The summed E-state index contributed by atoms with van der Waals surface area (Å²) in [4.78, 5) is 42.7. The van der Waals surface area contributed by atoms with Gasteiger partial charge in [-0.15, -0.1) is 6.58 Å². The summed E-state index contributed by atoms with van der Waals surface area (Å²) < 4.78 is 2.74. The van der Waals surface area contributed by atoms with Gasteiger partial charge in [0.25, 0.3) is 0 Å². The molecule has 1 aromatic heterocycles. The van der Waals surface area contributed by atoms with Crippen molar-refractivity contribution in [2.75, 3.05) is 26.2 Å². The second-order valence-corrected chi connectivity index (χ2v) is 8.29. The second kappa shape index (κ2) is 9.00. The molecule has 0 unspecified atom stereocenters. The number of hydrogen-bond acceptors (Lipinski definition) is 4. The molecule has 0 radical (unpaired) electrons. The van der Waals surface area contributed by atoms with Crippen LogP contribution < -0.4 is 11.1 Å². The summed E-state index contributed by atoms with van der Waals surface area (Å²) in [5, 5.41) is 0. The molecular weight excluding hydrogens is 380 g/mol. The SMILES string of the molecule is C=CCn1c(=O)c(=O)n(CC(=O)N2CCN(C3CCCCC3)CC2)c2ccccc21. The second-order valence-electron chi connectivity index (χ2n) is 8.29. The molecule has 1 amide bonds. The molecule has 0 spiro atoms. The minimum Gasteiger partial charge on any atom is -0.339 e. The smallest absolute Gasteiger partial charge is 0.317 e. The number of carbonyl (C=O) groups excluding carboxylic acids is 1. The lowest BCUT2D eigenvalue weighted by atomic mass is 9.94. The van der Waals surface area contributed by atoms with Crippen molar-refractivity contribution in [3.8, 4) is 0 Å². The van der Waals surface area contributed by atoms with Crippen LogP contribution in [-0.4, -0.2) is 57.1 Å². The Balaban J connectivity index is 1.52. The fraction of sp³-hybridized carbons (Fsp3) is 0.522. The van der Waals surface area contributed by atoms with Crippen molar-refractivity contribution >= 4 is 16.9 Å². The molecule has 2 heterocycles. The molecule has 0 bridgehead atoms. The average Bonchev–Trinajstić information content (AvgIpc) is 2.80. The normalized spacial score (nSPS) is 18.6. The van der Waals surface area contributed by atoms with E-state index in [-0.39, 0.29) is 19.0 Å². The van der Waals surface area contributed by atoms with Gasteiger partial charge in [-0.1, -0.05) is 37.5 Å². The summed E-state index contributed by atoms with van der Waals surface area (Å²) in [7, 11) is 0. The van der Waals surface area contributed by atoms with Crippen LogP contribution in [0.2, 0.25) is 0 Å². The van der Waals surface area contributed by atoms with E-state index in [2.05, 4.69) is 11.5 Å². The maximum Gasteiger partial charge on any atom is 0.317 e. The van der Waals surface area contributed by atoms with E-state index in [1.807, 2.05) is 17.0 Å². The van der Waals surface area contributed by atoms with Crippen LogP contribution in [0, 0.1) is 0 Å². The van der Waals surface area contributed by atoms with Gasteiger partial charge in [-0.2, -0.15) is 0 Å². The minimum atomic E-state index is -0.662. The summed E-state index contributed by atoms with van der Waals surface area (Å²) in [5.41, 5.74) is -0.0525. The number of rotatable bonds is 5. The molecule has 4 rings (SSSR count). The van der Waals surface area contributed by atoms with Crippen LogP contribution in [0.3, 0.4) is 0 Å². The predicted molar refractivity (Wildman–Crippen MR) is 118 cm³/mol. The number of hydrogen-bond donors (Lipinski definition) is 0. The minimum absolute atomic E-state index is 0.104. The van der Waals surface area contributed by atoms with E-state index in [1.165, 1.54) is 41.2 Å². The van der Waals surface area contributed by atoms with Crippen molar-refractivity contribution in [2.45, 2.75) is 51.2 Å². The van der Waals surface area contributed by atoms with Crippen LogP contribution in [0.5, 0.6) is 0 Å². The molecule has 0 N–H and O–H groups in total. The zero-order chi connectivity index (χ0) is 21.1. The molecule has 2 aromatic rings. The molecule has 160 valence electrons. The fourth-order valence-electron chi connectivity index (χ4n) is 4.86. The van der Waals surface area contributed by atoms with Crippen molar-refractivity contribution in [2.24, 2.45) is 0 Å². The molecule has 1 aliphatic carbocycles. The Morgan fingerprint density at radius 3 is 2.17 bits per heavy atom. The van der Waals surface area contributed by atoms with Crippen molar-refractivity contribution in [1.82, 2.24) is 18.9 Å². The zero-order valence-electron chi connectivity index (χ0n) is 17.5. The summed E-state index contributed by atoms with van der Waals surface area (Å²) in [6.07, 6.45) is 8.05. The fourth-order valence-corrected chi connectivity index (χ4v) is 4.86. The summed E-state index contributed by atoms with van der Waals surface area (Å²) in [6.45, 7) is 6.94. The van der Waals surface area contributed by atoms with Gasteiger partial charge in [-0.25, -0.2) is 0 Å². The van der Waals surface area contributed by atoms with Gasteiger partial charge in [-0.3, -0.25) is 28.4 Å². The number of piperazine rings is 1. The molecular formula is C23H30N4O3. The molecule has 2 fully saturated rings. The van der Waals surface area contributed by atoms with Crippen LogP contribution in [0.4, 0.5) is 0 Å². The monoisotopic (exact) mass is 410 g/mol. The number of nitrogens with zero attached hydrogens (tertiary/aromatic N) is 4. The third kappa shape index (κ3) is 3.99. The van der Waals surface area contributed by atoms with Crippen molar-refractivity contribution < 1.29 is 4.79 Å². The van der Waals surface area contributed by atoms with Crippen LogP contribution in [0.25, 0.3) is 11.0 Å². The topological polar surface area (TPSA) is 67.5 Å². The summed E-state index contributed by atoms with van der Waals surface area (Å²) in [6, 6.07) is 7.87. The highest BCUT2D eigenvalue weighted by Crippen LogP contribution is 2.23. The molecule has 1 aromatic carbocycles. The Kier molecular flexibility index (Phi) is 6.18. The molecule has 30 heavy (non-hydrogen) atoms. The number of amides is 1. The van der Waals surface area contributed by atoms with Gasteiger partial charge >= 0.3 is 11.1 Å². The maximum absolute atomic E-state index is 13.0. The van der Waals surface area contributed by atoms with Crippen LogP contribution in [-0.2, 0) is 17.9 Å². The van der Waals surface area contributed by atoms with E-state index in [1.54, 1.807) is 18.2 Å². The number of carbonyl (C=O) groups is 1. The van der Waals surface area contributed by atoms with Gasteiger partial charge in [0.2, 0.25) is 5.91 Å². The van der Waals surface area contributed by atoms with Gasteiger partial charge in [-0.05, 0) is 25.0 Å². The highest BCUT2D eigenvalue weighted by atomic mass is 16.2. The van der Waals surface area contributed by atoms with Crippen molar-refractivity contribution in [3.05, 3.63) is 57.6 Å². The van der Waals surface area contributed by atoms with Crippen LogP contribution >= 0.6 is 0 Å². The number of benzene rings is 1. The Morgan fingerprint density at radius 2 is 1.53 bits per heavy atom. The molecule has 1 saturated carbocycles.